The highest BCUT2D eigenvalue weighted by molar-refractivity contribution is 7.20. The van der Waals surface area contributed by atoms with Crippen LogP contribution in [0.4, 0.5) is 34.1 Å². The Morgan fingerprint density at radius 3 is 1.36 bits per heavy atom. The number of hydrogen-bond acceptors (Lipinski definition) is 3. The third-order valence-electron chi connectivity index (χ3n) is 21.0. The fourth-order valence-corrected chi connectivity index (χ4v) is 20.7. The van der Waals surface area contributed by atoms with Gasteiger partial charge in [0.1, 0.15) is 5.58 Å². The van der Waals surface area contributed by atoms with E-state index < -0.39 is 8.07 Å². The molecule has 2 aliphatic heterocycles. The summed E-state index contributed by atoms with van der Waals surface area (Å²) >= 11 is 0. The van der Waals surface area contributed by atoms with Gasteiger partial charge >= 0.3 is 0 Å². The molecule has 402 valence electrons. The van der Waals surface area contributed by atoms with Crippen LogP contribution in [0.25, 0.3) is 11.0 Å². The lowest BCUT2D eigenvalue weighted by Crippen LogP contribution is -2.74. The number of aryl methyl sites for hydroxylation is 1. The van der Waals surface area contributed by atoms with Crippen LogP contribution >= 0.6 is 0 Å². The average molecular weight is 1060 g/mol. The van der Waals surface area contributed by atoms with Gasteiger partial charge < -0.3 is 14.2 Å². The molecule has 0 saturated heterocycles. The minimum Gasteiger partial charge on any atom is -0.468 e. The molecule has 5 aliphatic rings. The van der Waals surface area contributed by atoms with Gasteiger partial charge in [0.2, 0.25) is 0 Å². The number of fused-ring (bicyclic) bond motifs is 9. The monoisotopic (exact) mass is 1060 g/mol. The lowest BCUT2D eigenvalue weighted by Gasteiger charge is -2.47. The topological polar surface area (TPSA) is 19.6 Å². The van der Waals surface area contributed by atoms with Crippen LogP contribution < -0.4 is 47.1 Å². The third kappa shape index (κ3) is 7.43. The van der Waals surface area contributed by atoms with Gasteiger partial charge in [-0.15, -0.1) is 0 Å². The zero-order valence-corrected chi connectivity index (χ0v) is 50.8. The molecule has 0 bridgehead atoms. The van der Waals surface area contributed by atoms with Crippen LogP contribution in [0.3, 0.4) is 0 Å². The van der Waals surface area contributed by atoms with Crippen molar-refractivity contribution in [3.63, 3.8) is 0 Å². The van der Waals surface area contributed by atoms with Crippen LogP contribution in [0, 0.1) is 6.92 Å². The molecule has 80 heavy (non-hydrogen) atoms. The van der Waals surface area contributed by atoms with E-state index in [9.17, 15) is 0 Å². The molecule has 14 rings (SSSR count). The first kappa shape index (κ1) is 51.3. The van der Waals surface area contributed by atoms with Gasteiger partial charge in [0.25, 0.3) is 6.71 Å². The van der Waals surface area contributed by atoms with Crippen LogP contribution in [0.2, 0.25) is 0 Å². The Morgan fingerprint density at radius 1 is 0.388 bits per heavy atom. The second-order valence-corrected chi connectivity index (χ2v) is 32.7. The van der Waals surface area contributed by atoms with Gasteiger partial charge in [0.15, 0.2) is 8.07 Å². The van der Waals surface area contributed by atoms with Gasteiger partial charge in [-0.25, -0.2) is 0 Å². The fourth-order valence-electron chi connectivity index (χ4n) is 15.9. The highest BCUT2D eigenvalue weighted by Gasteiger charge is 2.51. The smallest absolute Gasteiger partial charge is 0.297 e. The van der Waals surface area contributed by atoms with E-state index in [2.05, 4.69) is 270 Å². The minimum absolute atomic E-state index is 0.00321. The van der Waals surface area contributed by atoms with E-state index in [1.54, 1.807) is 0 Å². The Bertz CT molecular complexity index is 3900. The predicted molar refractivity (Wildman–Crippen MR) is 344 cm³/mol. The van der Waals surface area contributed by atoms with Crippen molar-refractivity contribution in [2.75, 3.05) is 9.80 Å². The van der Waals surface area contributed by atoms with E-state index in [1.165, 1.54) is 111 Å². The van der Waals surface area contributed by atoms with Crippen LogP contribution in [-0.4, -0.2) is 14.8 Å². The summed E-state index contributed by atoms with van der Waals surface area (Å²) in [6.45, 7) is 31.8. The van der Waals surface area contributed by atoms with Gasteiger partial charge in [0, 0.05) is 33.8 Å². The molecule has 0 saturated carbocycles. The molecule has 0 fully saturated rings. The van der Waals surface area contributed by atoms with E-state index in [-0.39, 0.29) is 39.2 Å². The van der Waals surface area contributed by atoms with Gasteiger partial charge in [0.05, 0.1) is 11.3 Å². The summed E-state index contributed by atoms with van der Waals surface area (Å²) in [5.41, 5.74) is 22.2. The molecule has 8 aromatic carbocycles. The first-order chi connectivity index (χ1) is 38.0. The van der Waals surface area contributed by atoms with Gasteiger partial charge in [-0.3, -0.25) is 0 Å². The SMILES string of the molecule is Cc1cc2c3c(c1)N(c1cccc([Si](c4ccccc4)(c4ccccc4)c4ccccc4)c1)c1c(oc4cc5c(cc14)C(C)(C)CCC5(C)C)B3c1cc3c(cc1N2c1ccc2c(c1)C(C)(C)CCC2(C)C)C(C)(C)CCC3(C)C. The largest absolute Gasteiger partial charge is 0.468 e. The number of furan rings is 1. The number of benzene rings is 8. The summed E-state index contributed by atoms with van der Waals surface area (Å²) in [5, 5.41) is 6.64. The predicted octanol–water partition coefficient (Wildman–Crippen LogP) is 15.2. The fraction of sp³-hybridized carbons (Fsp3) is 0.333. The van der Waals surface area contributed by atoms with Crippen molar-refractivity contribution in [1.82, 2.24) is 0 Å². The molecule has 0 atom stereocenters. The highest BCUT2D eigenvalue weighted by Crippen LogP contribution is 2.55. The molecule has 3 nitrogen and oxygen atoms in total. The first-order valence-electron chi connectivity index (χ1n) is 30.0. The lowest BCUT2D eigenvalue weighted by atomic mass is 9.35. The molecule has 0 unspecified atom stereocenters. The molecule has 0 spiro atoms. The summed E-state index contributed by atoms with van der Waals surface area (Å²) < 4.78 is 7.86. The zero-order chi connectivity index (χ0) is 55.7. The number of nitrogens with zero attached hydrogens (tertiary/aromatic N) is 2. The summed E-state index contributed by atoms with van der Waals surface area (Å²) in [5.74, 6) is 0. The van der Waals surface area contributed by atoms with Crippen molar-refractivity contribution >= 4 is 97.2 Å². The molecule has 0 N–H and O–H groups in total. The summed E-state index contributed by atoms with van der Waals surface area (Å²) in [6, 6.07) is 66.8. The van der Waals surface area contributed by atoms with Crippen molar-refractivity contribution in [1.29, 1.82) is 0 Å². The van der Waals surface area contributed by atoms with Crippen molar-refractivity contribution in [2.24, 2.45) is 0 Å². The van der Waals surface area contributed by atoms with E-state index in [0.717, 1.165) is 49.0 Å². The lowest BCUT2D eigenvalue weighted by molar-refractivity contribution is 0.332. The van der Waals surface area contributed by atoms with E-state index in [1.807, 2.05) is 0 Å². The molecule has 3 heterocycles. The molecular formula is C75H79BN2OSi. The van der Waals surface area contributed by atoms with Crippen LogP contribution in [-0.2, 0) is 32.5 Å². The zero-order valence-electron chi connectivity index (χ0n) is 49.8. The van der Waals surface area contributed by atoms with Gasteiger partial charge in [-0.1, -0.05) is 198 Å². The van der Waals surface area contributed by atoms with Crippen LogP contribution in [0.5, 0.6) is 0 Å². The normalized spacial score (nSPS) is 19.3. The maximum atomic E-state index is 7.86. The Balaban J connectivity index is 1.11. The minimum atomic E-state index is -2.94. The third-order valence-corrected chi connectivity index (χ3v) is 25.8. The van der Waals surface area contributed by atoms with Gasteiger partial charge in [-0.2, -0.15) is 0 Å². The van der Waals surface area contributed by atoms with Crippen LogP contribution in [0.1, 0.15) is 161 Å². The van der Waals surface area contributed by atoms with E-state index in [4.69, 9.17) is 4.42 Å². The second-order valence-electron chi connectivity index (χ2n) is 28.9. The number of rotatable bonds is 6. The van der Waals surface area contributed by atoms with Crippen molar-refractivity contribution < 1.29 is 4.42 Å². The quantitative estimate of drug-likeness (QED) is 0.122. The average Bonchev–Trinajstić information content (AvgIpc) is 4.00. The standard InChI is InChI=1S/C75H79BN2OSi/c1-48-40-64-67-65(41-48)78(49-24-23-31-54(42-49)80(51-25-17-14-18-26-51,52-27-19-15-20-28-52)53-29-21-16-22-30-53)68-55-44-58-61(75(12,13)39-36-72(58,6)7)47-66(55)79-69(68)76(67)62-45-59-60(74(10,11)38-37-73(59,8)9)46-63(62)77(64)50-32-33-56-57(43-50)71(4,5)35-34-70(56,2)3/h14-33,40-47H,34-39H2,1-13H3. The maximum absolute atomic E-state index is 7.86. The summed E-state index contributed by atoms with van der Waals surface area (Å²) in [4.78, 5) is 5.35. The number of anilines is 6. The van der Waals surface area contributed by atoms with Crippen molar-refractivity contribution in [3.8, 4) is 0 Å². The molecule has 0 radical (unpaired) electrons. The van der Waals surface area contributed by atoms with E-state index >= 15 is 0 Å². The van der Waals surface area contributed by atoms with Crippen molar-refractivity contribution in [2.45, 2.75) is 161 Å². The molecule has 5 heteroatoms. The molecular weight excluding hydrogens is 984 g/mol. The summed E-state index contributed by atoms with van der Waals surface area (Å²) in [6.07, 6.45) is 6.93. The first-order valence-corrected chi connectivity index (χ1v) is 32.0. The van der Waals surface area contributed by atoms with Gasteiger partial charge in [-0.05, 0) is 203 Å². The molecule has 1 aromatic heterocycles. The second kappa shape index (κ2) is 17.4. The maximum Gasteiger partial charge on any atom is 0.297 e. The molecule has 0 amide bonds. The Hall–Kier alpha value is -6.82. The number of hydrogen-bond donors (Lipinski definition) is 0. The Kier molecular flexibility index (Phi) is 11.1. The Morgan fingerprint density at radius 2 is 0.825 bits per heavy atom. The molecule has 3 aliphatic carbocycles. The highest BCUT2D eigenvalue weighted by atomic mass is 28.3. The Labute approximate surface area is 478 Å². The summed E-state index contributed by atoms with van der Waals surface area (Å²) in [7, 11) is -2.94. The van der Waals surface area contributed by atoms with Crippen molar-refractivity contribution in [3.05, 3.63) is 209 Å². The molecule has 9 aromatic rings. The van der Waals surface area contributed by atoms with Crippen LogP contribution in [0.15, 0.2) is 174 Å². The van der Waals surface area contributed by atoms with E-state index in [0.29, 0.717) is 0 Å².